The molecule has 6 heteroatoms. The van der Waals surface area contributed by atoms with Crippen molar-refractivity contribution >= 4 is 5.97 Å². The number of carbonyl (C=O) groups is 1. The molecule has 0 heterocycles. The van der Waals surface area contributed by atoms with Gasteiger partial charge < -0.3 is 15.2 Å². The van der Waals surface area contributed by atoms with Crippen molar-refractivity contribution < 1.29 is 23.4 Å². The van der Waals surface area contributed by atoms with E-state index in [0.717, 1.165) is 6.07 Å². The largest absolute Gasteiger partial charge is 0.468 e. The summed E-state index contributed by atoms with van der Waals surface area (Å²) >= 11 is 0. The first-order chi connectivity index (χ1) is 9.66. The molecule has 2 unspecified atom stereocenters. The van der Waals surface area contributed by atoms with Crippen LogP contribution in [-0.2, 0) is 9.53 Å². The highest BCUT2D eigenvalue weighted by Gasteiger charge is 2.32. The molecule has 0 spiro atoms. The van der Waals surface area contributed by atoms with E-state index in [1.807, 2.05) is 20.8 Å². The Morgan fingerprint density at radius 2 is 2.00 bits per heavy atom. The summed E-state index contributed by atoms with van der Waals surface area (Å²) in [6.07, 6.45) is -1.19. The van der Waals surface area contributed by atoms with Crippen LogP contribution in [0.1, 0.15) is 32.4 Å². The molecule has 0 radical (unpaired) electrons. The molecular formula is C15H21F2NO3. The third-order valence-corrected chi connectivity index (χ3v) is 3.14. The van der Waals surface area contributed by atoms with Crippen LogP contribution in [0.2, 0.25) is 0 Å². The van der Waals surface area contributed by atoms with Crippen molar-refractivity contribution in [2.24, 2.45) is 5.41 Å². The molecular weight excluding hydrogens is 280 g/mol. The van der Waals surface area contributed by atoms with Crippen LogP contribution >= 0.6 is 0 Å². The van der Waals surface area contributed by atoms with Gasteiger partial charge in [-0.15, -0.1) is 0 Å². The Morgan fingerprint density at radius 3 is 2.48 bits per heavy atom. The number of benzene rings is 1. The van der Waals surface area contributed by atoms with Crippen LogP contribution in [-0.4, -0.2) is 30.8 Å². The number of esters is 1. The molecule has 2 N–H and O–H groups in total. The van der Waals surface area contributed by atoms with Gasteiger partial charge in [-0.25, -0.2) is 8.78 Å². The van der Waals surface area contributed by atoms with E-state index in [9.17, 15) is 18.7 Å². The van der Waals surface area contributed by atoms with Crippen LogP contribution in [0.15, 0.2) is 18.2 Å². The minimum atomic E-state index is -1.19. The minimum Gasteiger partial charge on any atom is -0.468 e. The van der Waals surface area contributed by atoms with Gasteiger partial charge in [0.25, 0.3) is 0 Å². The van der Waals surface area contributed by atoms with Gasteiger partial charge in [-0.05, 0) is 11.5 Å². The highest BCUT2D eigenvalue weighted by molar-refractivity contribution is 5.76. The van der Waals surface area contributed by atoms with Gasteiger partial charge in [0.15, 0.2) is 0 Å². The first kappa shape index (κ1) is 17.5. The second-order valence-electron chi connectivity index (χ2n) is 5.91. The number of ether oxygens (including phenoxy) is 1. The Hall–Kier alpha value is -1.53. The molecule has 0 saturated carbocycles. The Balaban J connectivity index is 2.78. The molecule has 0 aliphatic rings. The number of nitrogens with one attached hydrogen (secondary N) is 1. The zero-order valence-corrected chi connectivity index (χ0v) is 12.6. The van der Waals surface area contributed by atoms with Crippen LogP contribution in [0.25, 0.3) is 0 Å². The average Bonchev–Trinajstić information content (AvgIpc) is 2.36. The standard InChI is InChI=1S/C15H21F2NO3/c1-15(2,3)13(14(20)21-4)18-8-12(19)10-6-5-9(16)7-11(10)17/h5-7,12-13,18-19H,8H2,1-4H3. The molecule has 4 nitrogen and oxygen atoms in total. The molecule has 2 atom stereocenters. The van der Waals surface area contributed by atoms with Gasteiger partial charge >= 0.3 is 5.97 Å². The van der Waals surface area contributed by atoms with E-state index in [-0.39, 0.29) is 12.1 Å². The number of aliphatic hydroxyl groups is 1. The molecule has 0 aliphatic heterocycles. The molecule has 0 bridgehead atoms. The lowest BCUT2D eigenvalue weighted by Gasteiger charge is -2.30. The van der Waals surface area contributed by atoms with Crippen molar-refractivity contribution in [1.29, 1.82) is 0 Å². The van der Waals surface area contributed by atoms with Crippen LogP contribution in [0, 0.1) is 17.0 Å². The molecule has 0 amide bonds. The molecule has 0 fully saturated rings. The fourth-order valence-electron chi connectivity index (χ4n) is 1.97. The summed E-state index contributed by atoms with van der Waals surface area (Å²) in [5.41, 5.74) is -0.463. The maximum Gasteiger partial charge on any atom is 0.323 e. The van der Waals surface area contributed by atoms with E-state index in [1.54, 1.807) is 0 Å². The van der Waals surface area contributed by atoms with E-state index >= 15 is 0 Å². The topological polar surface area (TPSA) is 58.6 Å². The highest BCUT2D eigenvalue weighted by Crippen LogP contribution is 2.22. The quantitative estimate of drug-likeness (QED) is 0.818. The molecule has 0 saturated heterocycles. The van der Waals surface area contributed by atoms with Gasteiger partial charge in [0.1, 0.15) is 17.7 Å². The summed E-state index contributed by atoms with van der Waals surface area (Å²) in [4.78, 5) is 11.7. The van der Waals surface area contributed by atoms with Crippen molar-refractivity contribution in [2.75, 3.05) is 13.7 Å². The van der Waals surface area contributed by atoms with Crippen molar-refractivity contribution in [1.82, 2.24) is 5.32 Å². The number of hydrogen-bond donors (Lipinski definition) is 2. The minimum absolute atomic E-state index is 0.0265. The highest BCUT2D eigenvalue weighted by atomic mass is 19.1. The predicted octanol–water partition coefficient (Wildman–Crippen LogP) is 2.18. The molecule has 1 rings (SSSR count). The Morgan fingerprint density at radius 1 is 1.38 bits per heavy atom. The normalized spacial score (nSPS) is 14.6. The zero-order chi connectivity index (χ0) is 16.2. The van der Waals surface area contributed by atoms with Gasteiger partial charge in [0.2, 0.25) is 0 Å². The average molecular weight is 301 g/mol. The van der Waals surface area contributed by atoms with Crippen LogP contribution in [0.5, 0.6) is 0 Å². The first-order valence-electron chi connectivity index (χ1n) is 6.61. The second-order valence-corrected chi connectivity index (χ2v) is 5.91. The molecule has 0 aliphatic carbocycles. The SMILES string of the molecule is COC(=O)C(NCC(O)c1ccc(F)cc1F)C(C)(C)C. The van der Waals surface area contributed by atoms with Crippen LogP contribution in [0.3, 0.4) is 0 Å². The van der Waals surface area contributed by atoms with Crippen LogP contribution < -0.4 is 5.32 Å². The van der Waals surface area contributed by atoms with Crippen molar-refractivity contribution in [3.63, 3.8) is 0 Å². The Kier molecular flexibility index (Phi) is 5.80. The molecule has 118 valence electrons. The fourth-order valence-corrected chi connectivity index (χ4v) is 1.97. The number of methoxy groups -OCH3 is 1. The lowest BCUT2D eigenvalue weighted by atomic mass is 9.86. The van der Waals surface area contributed by atoms with E-state index in [4.69, 9.17) is 4.74 Å². The van der Waals surface area contributed by atoms with E-state index in [2.05, 4.69) is 5.32 Å². The number of aliphatic hydroxyl groups excluding tert-OH is 1. The first-order valence-corrected chi connectivity index (χ1v) is 6.61. The van der Waals surface area contributed by atoms with Gasteiger partial charge in [0.05, 0.1) is 13.2 Å². The summed E-state index contributed by atoms with van der Waals surface area (Å²) in [5.74, 6) is -2.00. The van der Waals surface area contributed by atoms with Crippen molar-refractivity contribution in [2.45, 2.75) is 32.9 Å². The van der Waals surface area contributed by atoms with E-state index in [1.165, 1.54) is 13.2 Å². The van der Waals surface area contributed by atoms with Crippen LogP contribution in [0.4, 0.5) is 8.78 Å². The third kappa shape index (κ3) is 4.75. The smallest absolute Gasteiger partial charge is 0.323 e. The van der Waals surface area contributed by atoms with Crippen molar-refractivity contribution in [3.05, 3.63) is 35.4 Å². The summed E-state index contributed by atoms with van der Waals surface area (Å²) in [6, 6.07) is 2.31. The fraction of sp³-hybridized carbons (Fsp3) is 0.533. The van der Waals surface area contributed by atoms with Crippen molar-refractivity contribution in [3.8, 4) is 0 Å². The number of halogens is 2. The van der Waals surface area contributed by atoms with E-state index in [0.29, 0.717) is 6.07 Å². The summed E-state index contributed by atoms with van der Waals surface area (Å²) in [7, 11) is 1.28. The molecule has 1 aromatic carbocycles. The van der Waals surface area contributed by atoms with Gasteiger partial charge in [-0.1, -0.05) is 26.8 Å². The van der Waals surface area contributed by atoms with Gasteiger partial charge in [-0.2, -0.15) is 0 Å². The summed E-state index contributed by atoms with van der Waals surface area (Å²) < 4.78 is 31.1. The zero-order valence-electron chi connectivity index (χ0n) is 12.6. The number of hydrogen-bond acceptors (Lipinski definition) is 4. The Labute approximate surface area is 123 Å². The maximum absolute atomic E-state index is 13.6. The lowest BCUT2D eigenvalue weighted by molar-refractivity contribution is -0.146. The second kappa shape index (κ2) is 6.95. The molecule has 1 aromatic rings. The maximum atomic E-state index is 13.6. The third-order valence-electron chi connectivity index (χ3n) is 3.14. The van der Waals surface area contributed by atoms with Gasteiger partial charge in [-0.3, -0.25) is 4.79 Å². The monoisotopic (exact) mass is 301 g/mol. The summed E-state index contributed by atoms with van der Waals surface area (Å²) in [5, 5.41) is 12.8. The Bertz CT molecular complexity index is 500. The number of carbonyl (C=O) groups excluding carboxylic acids is 1. The van der Waals surface area contributed by atoms with E-state index < -0.39 is 35.2 Å². The molecule has 0 aromatic heterocycles. The van der Waals surface area contributed by atoms with Gasteiger partial charge in [0, 0.05) is 18.2 Å². The predicted molar refractivity (Wildman–Crippen MR) is 74.6 cm³/mol. The molecule has 21 heavy (non-hydrogen) atoms. The number of rotatable bonds is 5. The summed E-state index contributed by atoms with van der Waals surface area (Å²) in [6.45, 7) is 5.46. The lowest BCUT2D eigenvalue weighted by Crippen LogP contribution is -2.48.